The summed E-state index contributed by atoms with van der Waals surface area (Å²) in [5.74, 6) is 1.43. The van der Waals surface area contributed by atoms with E-state index in [1.165, 1.54) is 0 Å². The van der Waals surface area contributed by atoms with E-state index in [1.54, 1.807) is 0 Å². The van der Waals surface area contributed by atoms with Gasteiger partial charge in [0.15, 0.2) is 5.96 Å². The highest BCUT2D eigenvalue weighted by atomic mass is 127. The zero-order valence-electron chi connectivity index (χ0n) is 12.8. The van der Waals surface area contributed by atoms with Crippen LogP contribution in [0.4, 0.5) is 0 Å². The number of para-hydroxylation sites is 2. The molecule has 6 nitrogen and oxygen atoms in total. The van der Waals surface area contributed by atoms with Gasteiger partial charge in [-0.1, -0.05) is 12.1 Å². The van der Waals surface area contributed by atoms with Crippen LogP contribution < -0.4 is 11.1 Å². The molecule has 0 aliphatic rings. The quantitative estimate of drug-likeness (QED) is 0.266. The molecule has 0 aliphatic heterocycles. The van der Waals surface area contributed by atoms with Crippen molar-refractivity contribution in [2.45, 2.75) is 19.8 Å². The second-order valence-corrected chi connectivity index (χ2v) is 4.69. The lowest BCUT2D eigenvalue weighted by Gasteiger charge is -2.04. The maximum atomic E-state index is 5.80. The summed E-state index contributed by atoms with van der Waals surface area (Å²) in [6.07, 6.45) is 1.67. The standard InChI is InChI=1S/C15H23N5O.HI/c1-2-21-11-5-9-17-15(16)18-10-8-14-19-12-6-3-4-7-13(12)20-14;/h3-4,6-7H,2,5,8-11H2,1H3,(H,19,20)(H3,16,17,18);1H. The van der Waals surface area contributed by atoms with Crippen molar-refractivity contribution in [2.24, 2.45) is 10.7 Å². The van der Waals surface area contributed by atoms with Crippen molar-refractivity contribution in [1.82, 2.24) is 15.3 Å². The molecule has 1 aromatic carbocycles. The van der Waals surface area contributed by atoms with Crippen molar-refractivity contribution in [3.8, 4) is 0 Å². The third-order valence-corrected chi connectivity index (χ3v) is 3.04. The summed E-state index contributed by atoms with van der Waals surface area (Å²) in [7, 11) is 0. The molecule has 122 valence electrons. The summed E-state index contributed by atoms with van der Waals surface area (Å²) in [5, 5.41) is 3.09. The Morgan fingerprint density at radius 1 is 1.41 bits per heavy atom. The third-order valence-electron chi connectivity index (χ3n) is 3.04. The summed E-state index contributed by atoms with van der Waals surface area (Å²) in [5.41, 5.74) is 7.85. The van der Waals surface area contributed by atoms with Gasteiger partial charge in [-0.25, -0.2) is 4.98 Å². The summed E-state index contributed by atoms with van der Waals surface area (Å²) in [6.45, 7) is 4.85. The molecule has 7 heteroatoms. The van der Waals surface area contributed by atoms with E-state index in [4.69, 9.17) is 10.5 Å². The molecule has 0 spiro atoms. The highest BCUT2D eigenvalue weighted by Gasteiger charge is 2.01. The molecule has 1 heterocycles. The molecular formula is C15H24IN5O. The number of aromatic nitrogens is 2. The van der Waals surface area contributed by atoms with Crippen LogP contribution in [0.25, 0.3) is 11.0 Å². The fourth-order valence-electron chi connectivity index (χ4n) is 2.00. The van der Waals surface area contributed by atoms with Gasteiger partial charge in [-0.3, -0.25) is 4.99 Å². The molecule has 0 fully saturated rings. The minimum Gasteiger partial charge on any atom is -0.382 e. The molecule has 2 rings (SSSR count). The second kappa shape index (κ2) is 10.4. The summed E-state index contributed by atoms with van der Waals surface area (Å²) >= 11 is 0. The molecule has 1 aromatic heterocycles. The number of H-pyrrole nitrogens is 1. The maximum Gasteiger partial charge on any atom is 0.188 e. The van der Waals surface area contributed by atoms with Crippen molar-refractivity contribution in [3.63, 3.8) is 0 Å². The zero-order valence-corrected chi connectivity index (χ0v) is 15.2. The van der Waals surface area contributed by atoms with E-state index >= 15 is 0 Å². The fraction of sp³-hybridized carbons (Fsp3) is 0.467. The molecule has 0 saturated carbocycles. The van der Waals surface area contributed by atoms with Crippen LogP contribution in [0.5, 0.6) is 0 Å². The van der Waals surface area contributed by atoms with Gasteiger partial charge in [0.1, 0.15) is 5.82 Å². The Hall–Kier alpha value is -1.35. The van der Waals surface area contributed by atoms with Gasteiger partial charge in [0.25, 0.3) is 0 Å². The minimum atomic E-state index is 0. The van der Waals surface area contributed by atoms with Gasteiger partial charge >= 0.3 is 0 Å². The van der Waals surface area contributed by atoms with Crippen molar-refractivity contribution in [2.75, 3.05) is 26.3 Å². The van der Waals surface area contributed by atoms with Crippen LogP contribution in [0.3, 0.4) is 0 Å². The van der Waals surface area contributed by atoms with Crippen LogP contribution in [0.15, 0.2) is 29.3 Å². The predicted molar refractivity (Wildman–Crippen MR) is 101 cm³/mol. The van der Waals surface area contributed by atoms with E-state index in [9.17, 15) is 0 Å². The lowest BCUT2D eigenvalue weighted by molar-refractivity contribution is 0.146. The monoisotopic (exact) mass is 417 g/mol. The SMILES string of the molecule is CCOCCCN=C(N)NCCc1nc2ccccc2[nH]1.I. The molecular weight excluding hydrogens is 393 g/mol. The lowest BCUT2D eigenvalue weighted by Crippen LogP contribution is -2.33. The molecule has 2 aromatic rings. The average molecular weight is 417 g/mol. The minimum absolute atomic E-state index is 0. The molecule has 0 amide bonds. The number of rotatable bonds is 8. The summed E-state index contributed by atoms with van der Waals surface area (Å²) in [6, 6.07) is 8.00. The Balaban J connectivity index is 0.00000242. The lowest BCUT2D eigenvalue weighted by atomic mass is 10.3. The van der Waals surface area contributed by atoms with Crippen LogP contribution in [0.2, 0.25) is 0 Å². The van der Waals surface area contributed by atoms with Gasteiger partial charge in [0.2, 0.25) is 0 Å². The highest BCUT2D eigenvalue weighted by Crippen LogP contribution is 2.10. The number of ether oxygens (including phenoxy) is 1. The van der Waals surface area contributed by atoms with E-state index in [0.29, 0.717) is 19.0 Å². The Bertz CT molecular complexity index is 551. The van der Waals surface area contributed by atoms with Crippen molar-refractivity contribution >= 4 is 41.0 Å². The number of guanidine groups is 1. The van der Waals surface area contributed by atoms with Gasteiger partial charge < -0.3 is 20.8 Å². The molecule has 0 radical (unpaired) electrons. The van der Waals surface area contributed by atoms with Crippen LogP contribution >= 0.6 is 24.0 Å². The smallest absolute Gasteiger partial charge is 0.188 e. The van der Waals surface area contributed by atoms with Crippen molar-refractivity contribution in [1.29, 1.82) is 0 Å². The van der Waals surface area contributed by atoms with Gasteiger partial charge in [0.05, 0.1) is 11.0 Å². The number of hydrogen-bond acceptors (Lipinski definition) is 3. The molecule has 22 heavy (non-hydrogen) atoms. The molecule has 0 aliphatic carbocycles. The number of imidazole rings is 1. The third kappa shape index (κ3) is 6.18. The first kappa shape index (κ1) is 18.7. The number of aromatic amines is 1. The second-order valence-electron chi connectivity index (χ2n) is 4.69. The molecule has 0 bridgehead atoms. The number of fused-ring (bicyclic) bond motifs is 1. The van der Waals surface area contributed by atoms with E-state index < -0.39 is 0 Å². The van der Waals surface area contributed by atoms with Crippen LogP contribution in [0, 0.1) is 0 Å². The van der Waals surface area contributed by atoms with Gasteiger partial charge in [-0.05, 0) is 25.5 Å². The molecule has 0 atom stereocenters. The van der Waals surface area contributed by atoms with E-state index in [-0.39, 0.29) is 24.0 Å². The number of benzene rings is 1. The normalized spacial score (nSPS) is 11.4. The first-order valence-electron chi connectivity index (χ1n) is 7.34. The number of nitrogens with two attached hydrogens (primary N) is 1. The summed E-state index contributed by atoms with van der Waals surface area (Å²) < 4.78 is 5.24. The topological polar surface area (TPSA) is 88.3 Å². The number of aliphatic imine (C=N–C) groups is 1. The van der Waals surface area contributed by atoms with Gasteiger partial charge in [0, 0.05) is 32.7 Å². The predicted octanol–water partition coefficient (Wildman–Crippen LogP) is 2.05. The van der Waals surface area contributed by atoms with Crippen LogP contribution in [0.1, 0.15) is 19.2 Å². The first-order valence-corrected chi connectivity index (χ1v) is 7.34. The largest absolute Gasteiger partial charge is 0.382 e. The molecule has 4 N–H and O–H groups in total. The molecule has 0 saturated heterocycles. The number of hydrogen-bond donors (Lipinski definition) is 3. The number of halogens is 1. The Kier molecular flexibility index (Phi) is 8.83. The zero-order chi connectivity index (χ0) is 14.9. The maximum absolute atomic E-state index is 5.80. The Morgan fingerprint density at radius 2 is 2.23 bits per heavy atom. The fourth-order valence-corrected chi connectivity index (χ4v) is 2.00. The Morgan fingerprint density at radius 3 is 3.00 bits per heavy atom. The van der Waals surface area contributed by atoms with E-state index in [1.807, 2.05) is 31.2 Å². The number of nitrogens with one attached hydrogen (secondary N) is 2. The van der Waals surface area contributed by atoms with Crippen LogP contribution in [-0.4, -0.2) is 42.2 Å². The van der Waals surface area contributed by atoms with Gasteiger partial charge in [-0.15, -0.1) is 24.0 Å². The van der Waals surface area contributed by atoms with Crippen LogP contribution in [-0.2, 0) is 11.2 Å². The van der Waals surface area contributed by atoms with Gasteiger partial charge in [-0.2, -0.15) is 0 Å². The first-order chi connectivity index (χ1) is 10.3. The van der Waals surface area contributed by atoms with Crippen molar-refractivity contribution < 1.29 is 4.74 Å². The van der Waals surface area contributed by atoms with Crippen molar-refractivity contribution in [3.05, 3.63) is 30.1 Å². The highest BCUT2D eigenvalue weighted by molar-refractivity contribution is 14.0. The average Bonchev–Trinajstić information content (AvgIpc) is 2.89. The molecule has 0 unspecified atom stereocenters. The summed E-state index contributed by atoms with van der Waals surface area (Å²) in [4.78, 5) is 12.0. The Labute approximate surface area is 148 Å². The van der Waals surface area contributed by atoms with E-state index in [0.717, 1.165) is 42.9 Å². The number of nitrogens with zero attached hydrogens (tertiary/aromatic N) is 2. The van der Waals surface area contributed by atoms with E-state index in [2.05, 4.69) is 20.3 Å².